The summed E-state index contributed by atoms with van der Waals surface area (Å²) < 4.78 is 16.3. The van der Waals surface area contributed by atoms with Gasteiger partial charge in [0, 0.05) is 43.1 Å². The lowest BCUT2D eigenvalue weighted by Crippen LogP contribution is -2.51. The van der Waals surface area contributed by atoms with Gasteiger partial charge >= 0.3 is 6.03 Å². The Bertz CT molecular complexity index is 1170. The predicted molar refractivity (Wildman–Crippen MR) is 139 cm³/mol. The van der Waals surface area contributed by atoms with E-state index in [4.69, 9.17) is 14.2 Å². The maximum Gasteiger partial charge on any atom is 0.319 e. The molecule has 2 aromatic carbocycles. The average molecular weight is 507 g/mol. The first-order chi connectivity index (χ1) is 18.1. The number of ether oxygens (including phenoxy) is 3. The Morgan fingerprint density at radius 2 is 1.92 bits per heavy atom. The van der Waals surface area contributed by atoms with E-state index < -0.39 is 0 Å². The molecule has 5 atom stereocenters. The molecule has 0 radical (unpaired) electrons. The van der Waals surface area contributed by atoms with Crippen molar-refractivity contribution in [1.82, 2.24) is 10.2 Å². The van der Waals surface area contributed by atoms with Gasteiger partial charge in [-0.05, 0) is 43.0 Å². The van der Waals surface area contributed by atoms with Gasteiger partial charge in [-0.2, -0.15) is 0 Å². The summed E-state index contributed by atoms with van der Waals surface area (Å²) in [6.07, 6.45) is 4.49. The van der Waals surface area contributed by atoms with Crippen molar-refractivity contribution in [1.29, 1.82) is 0 Å². The van der Waals surface area contributed by atoms with Crippen molar-refractivity contribution in [2.75, 3.05) is 37.7 Å². The Morgan fingerprint density at radius 1 is 1.08 bits per heavy atom. The normalized spacial score (nSPS) is 27.6. The zero-order chi connectivity index (χ0) is 25.4. The molecule has 9 heteroatoms. The Labute approximate surface area is 216 Å². The Kier molecular flexibility index (Phi) is 6.54. The number of hydrogen-bond donors (Lipinski definition) is 3. The molecule has 4 aliphatic rings. The van der Waals surface area contributed by atoms with E-state index in [-0.39, 0.29) is 42.8 Å². The van der Waals surface area contributed by atoms with Crippen LogP contribution in [0.2, 0.25) is 0 Å². The number of carbonyl (C=O) groups excluding carboxylic acids is 2. The molecule has 3 amide bonds. The molecule has 2 aromatic rings. The summed E-state index contributed by atoms with van der Waals surface area (Å²) in [5.41, 5.74) is 2.87. The molecule has 2 fully saturated rings. The highest BCUT2D eigenvalue weighted by molar-refractivity contribution is 5.90. The summed E-state index contributed by atoms with van der Waals surface area (Å²) in [7, 11) is 1.72. The minimum atomic E-state index is -0.310. The molecule has 0 spiro atoms. The number of para-hydroxylation sites is 1. The number of amides is 3. The van der Waals surface area contributed by atoms with Gasteiger partial charge in [-0.15, -0.1) is 0 Å². The Balaban J connectivity index is 1.18. The third-order valence-corrected chi connectivity index (χ3v) is 8.24. The maximum absolute atomic E-state index is 14.1. The van der Waals surface area contributed by atoms with Gasteiger partial charge in [0.25, 0.3) is 0 Å². The molecule has 1 saturated heterocycles. The number of likely N-dealkylation sites (tertiary alicyclic amines) is 1. The fraction of sp³-hybridized carbons (Fsp3) is 0.500. The number of hydrogen-bond acceptors (Lipinski definition) is 6. The number of methoxy groups -OCH3 is 1. The smallest absolute Gasteiger partial charge is 0.319 e. The third-order valence-electron chi connectivity index (χ3n) is 8.24. The first-order valence-electron chi connectivity index (χ1n) is 13.2. The van der Waals surface area contributed by atoms with Crippen LogP contribution in [-0.4, -0.2) is 56.0 Å². The number of nitrogens with zero attached hydrogens (tertiary/aromatic N) is 1. The van der Waals surface area contributed by atoms with Gasteiger partial charge in [0.15, 0.2) is 11.5 Å². The second-order valence-corrected chi connectivity index (χ2v) is 10.4. The fourth-order valence-corrected chi connectivity index (χ4v) is 6.54. The summed E-state index contributed by atoms with van der Waals surface area (Å²) in [6, 6.07) is 13.3. The molecule has 9 nitrogen and oxygen atoms in total. The SMILES string of the molecule is COCC1Nc2ccccc2[C@H]2[C@@H]1CCN2C(=O)[C@H]1CCCC[C@H]1NC(=O)Nc1ccc2c(c1)OCO2. The first-order valence-corrected chi connectivity index (χ1v) is 13.2. The van der Waals surface area contributed by atoms with Gasteiger partial charge in [0.05, 0.1) is 24.6 Å². The van der Waals surface area contributed by atoms with Gasteiger partial charge < -0.3 is 35.1 Å². The highest BCUT2D eigenvalue weighted by Gasteiger charge is 2.48. The summed E-state index contributed by atoms with van der Waals surface area (Å²) in [6.45, 7) is 1.50. The number of urea groups is 1. The second-order valence-electron chi connectivity index (χ2n) is 10.4. The van der Waals surface area contributed by atoms with Gasteiger partial charge in [-0.25, -0.2) is 4.79 Å². The maximum atomic E-state index is 14.1. The lowest BCUT2D eigenvalue weighted by atomic mass is 9.81. The molecule has 196 valence electrons. The largest absolute Gasteiger partial charge is 0.454 e. The van der Waals surface area contributed by atoms with E-state index in [0.29, 0.717) is 29.7 Å². The average Bonchev–Trinajstić information content (AvgIpc) is 3.56. The van der Waals surface area contributed by atoms with Crippen LogP contribution >= 0.6 is 0 Å². The van der Waals surface area contributed by atoms with Crippen LogP contribution in [0.25, 0.3) is 0 Å². The Hall–Kier alpha value is -3.46. The van der Waals surface area contributed by atoms with E-state index in [1.165, 1.54) is 5.56 Å². The van der Waals surface area contributed by atoms with E-state index in [1.807, 2.05) is 12.1 Å². The van der Waals surface area contributed by atoms with Crippen LogP contribution in [0.3, 0.4) is 0 Å². The molecule has 1 saturated carbocycles. The summed E-state index contributed by atoms with van der Waals surface area (Å²) in [5, 5.41) is 9.64. The highest BCUT2D eigenvalue weighted by Crippen LogP contribution is 2.47. The topological polar surface area (TPSA) is 101 Å². The number of fused-ring (bicyclic) bond motifs is 4. The summed E-state index contributed by atoms with van der Waals surface area (Å²) in [4.78, 5) is 29.1. The first kappa shape index (κ1) is 23.9. The standard InChI is InChI=1S/C28H34N4O5/c1-35-15-23-19-12-13-32(26(19)18-6-2-4-8-21(18)30-23)27(33)20-7-3-5-9-22(20)31-28(34)29-17-10-11-24-25(14-17)37-16-36-24/h2,4,6,8,10-11,14,19-20,22-23,26,30H,3,5,7,9,12-13,15-16H2,1H3,(H2,29,31,34)/t19-,20+,22-,23?,26+/m1/s1. The molecule has 37 heavy (non-hydrogen) atoms. The van der Waals surface area contributed by atoms with E-state index >= 15 is 0 Å². The molecule has 6 rings (SSSR count). The molecule has 3 N–H and O–H groups in total. The van der Waals surface area contributed by atoms with Gasteiger partial charge in [0.1, 0.15) is 0 Å². The molecule has 0 aromatic heterocycles. The van der Waals surface area contributed by atoms with Gasteiger partial charge in [-0.3, -0.25) is 4.79 Å². The predicted octanol–water partition coefficient (Wildman–Crippen LogP) is 4.13. The highest BCUT2D eigenvalue weighted by atomic mass is 16.7. The number of benzene rings is 2. The van der Waals surface area contributed by atoms with Crippen molar-refractivity contribution in [2.24, 2.45) is 11.8 Å². The van der Waals surface area contributed by atoms with E-state index in [9.17, 15) is 9.59 Å². The molecule has 1 aliphatic carbocycles. The van der Waals surface area contributed by atoms with E-state index in [1.54, 1.807) is 25.3 Å². The van der Waals surface area contributed by atoms with Crippen molar-refractivity contribution in [2.45, 2.75) is 50.2 Å². The van der Waals surface area contributed by atoms with Crippen LogP contribution in [0.1, 0.15) is 43.7 Å². The van der Waals surface area contributed by atoms with Crippen molar-refractivity contribution < 1.29 is 23.8 Å². The molecular weight excluding hydrogens is 472 g/mol. The number of rotatable bonds is 5. The van der Waals surface area contributed by atoms with Crippen LogP contribution < -0.4 is 25.4 Å². The van der Waals surface area contributed by atoms with Crippen LogP contribution in [0, 0.1) is 11.8 Å². The quantitative estimate of drug-likeness (QED) is 0.564. The molecule has 1 unspecified atom stereocenters. The zero-order valence-corrected chi connectivity index (χ0v) is 21.1. The third kappa shape index (κ3) is 4.56. The van der Waals surface area contributed by atoms with Crippen molar-refractivity contribution in [3.8, 4) is 11.5 Å². The van der Waals surface area contributed by atoms with Crippen molar-refractivity contribution in [3.63, 3.8) is 0 Å². The zero-order valence-electron chi connectivity index (χ0n) is 21.1. The van der Waals surface area contributed by atoms with Gasteiger partial charge in [-0.1, -0.05) is 31.0 Å². The van der Waals surface area contributed by atoms with Crippen molar-refractivity contribution in [3.05, 3.63) is 48.0 Å². The second kappa shape index (κ2) is 10.1. The van der Waals surface area contributed by atoms with Crippen LogP contribution in [0.4, 0.5) is 16.2 Å². The number of anilines is 2. The monoisotopic (exact) mass is 506 g/mol. The minimum Gasteiger partial charge on any atom is -0.454 e. The molecule has 3 aliphatic heterocycles. The van der Waals surface area contributed by atoms with Gasteiger partial charge in [0.2, 0.25) is 12.7 Å². The molecule has 0 bridgehead atoms. The molecular formula is C28H34N4O5. The Morgan fingerprint density at radius 3 is 2.81 bits per heavy atom. The number of nitrogens with one attached hydrogen (secondary N) is 3. The minimum absolute atomic E-state index is 0.0233. The van der Waals surface area contributed by atoms with Crippen molar-refractivity contribution >= 4 is 23.3 Å². The summed E-state index contributed by atoms with van der Waals surface area (Å²) >= 11 is 0. The lowest BCUT2D eigenvalue weighted by Gasteiger charge is -2.41. The lowest BCUT2D eigenvalue weighted by molar-refractivity contribution is -0.138. The number of carbonyl (C=O) groups is 2. The van der Waals surface area contributed by atoms with E-state index in [2.05, 4.69) is 33.0 Å². The summed E-state index contributed by atoms with van der Waals surface area (Å²) in [5.74, 6) is 1.48. The molecule has 3 heterocycles. The fourth-order valence-electron chi connectivity index (χ4n) is 6.54. The van der Waals surface area contributed by atoms with E-state index in [0.717, 1.165) is 44.3 Å². The van der Waals surface area contributed by atoms with Crippen LogP contribution in [0.5, 0.6) is 11.5 Å². The van der Waals surface area contributed by atoms with Crippen LogP contribution in [-0.2, 0) is 9.53 Å². The van der Waals surface area contributed by atoms with Crippen LogP contribution in [0.15, 0.2) is 42.5 Å².